The second-order valence-corrected chi connectivity index (χ2v) is 7.45. The third-order valence-electron chi connectivity index (χ3n) is 2.96. The summed E-state index contributed by atoms with van der Waals surface area (Å²) in [5.41, 5.74) is 1.95. The first-order valence-corrected chi connectivity index (χ1v) is 8.93. The van der Waals surface area contributed by atoms with Gasteiger partial charge in [0.15, 0.2) is 5.70 Å². The van der Waals surface area contributed by atoms with Crippen LogP contribution in [0.25, 0.3) is 6.08 Å². The van der Waals surface area contributed by atoms with Gasteiger partial charge < -0.3 is 4.74 Å². The van der Waals surface area contributed by atoms with Gasteiger partial charge >= 0.3 is 5.97 Å². The summed E-state index contributed by atoms with van der Waals surface area (Å²) < 4.78 is 8.26. The zero-order chi connectivity index (χ0) is 15.7. The summed E-state index contributed by atoms with van der Waals surface area (Å²) in [5.74, 6) is -0.113. The van der Waals surface area contributed by atoms with Crippen LogP contribution in [-0.2, 0) is 9.53 Å². The second-order valence-electron chi connectivity index (χ2n) is 4.52. The number of halogens is 3. The smallest absolute Gasteiger partial charge is 0.363 e. The van der Waals surface area contributed by atoms with E-state index in [0.29, 0.717) is 11.6 Å². The van der Waals surface area contributed by atoms with E-state index in [1.54, 1.807) is 6.08 Å². The maximum Gasteiger partial charge on any atom is 0.363 e. The van der Waals surface area contributed by atoms with Crippen LogP contribution in [0, 0.1) is 3.57 Å². The normalized spacial score (nSPS) is 15.9. The van der Waals surface area contributed by atoms with Gasteiger partial charge in [0.25, 0.3) is 0 Å². The van der Waals surface area contributed by atoms with Crippen LogP contribution >= 0.6 is 54.5 Å². The molecular formula is C16H8Br2INO2. The first-order valence-electron chi connectivity index (χ1n) is 6.26. The molecule has 1 heterocycles. The zero-order valence-corrected chi connectivity index (χ0v) is 16.3. The number of benzene rings is 2. The lowest BCUT2D eigenvalue weighted by atomic mass is 10.2. The standard InChI is InChI=1S/C16H8Br2INO2/c17-11-4-1-9(2-5-11)7-14-16(21)22-15(20-14)10-3-6-13(19)12(18)8-10/h1-8H/b14-7-. The molecule has 0 saturated heterocycles. The highest BCUT2D eigenvalue weighted by atomic mass is 127. The predicted octanol–water partition coefficient (Wildman–Crippen LogP) is 5.16. The Morgan fingerprint density at radius 2 is 1.82 bits per heavy atom. The lowest BCUT2D eigenvalue weighted by molar-refractivity contribution is -0.129. The van der Waals surface area contributed by atoms with Crippen molar-refractivity contribution in [2.45, 2.75) is 0 Å². The van der Waals surface area contributed by atoms with Crippen LogP contribution in [0.15, 0.2) is 62.1 Å². The van der Waals surface area contributed by atoms with E-state index in [2.05, 4.69) is 59.4 Å². The minimum absolute atomic E-state index is 0.298. The maximum atomic E-state index is 12.0. The summed E-state index contributed by atoms with van der Waals surface area (Å²) in [6.07, 6.45) is 1.71. The van der Waals surface area contributed by atoms with E-state index in [9.17, 15) is 4.79 Å². The highest BCUT2D eigenvalue weighted by molar-refractivity contribution is 14.1. The molecule has 2 aromatic carbocycles. The van der Waals surface area contributed by atoms with Gasteiger partial charge in [-0.15, -0.1) is 0 Å². The first kappa shape index (κ1) is 15.9. The number of rotatable bonds is 2. The summed E-state index contributed by atoms with van der Waals surface area (Å²) >= 11 is 9.06. The van der Waals surface area contributed by atoms with Crippen LogP contribution in [0.2, 0.25) is 0 Å². The van der Waals surface area contributed by atoms with Crippen molar-refractivity contribution < 1.29 is 9.53 Å². The average molecular weight is 533 g/mol. The zero-order valence-electron chi connectivity index (χ0n) is 11.0. The Balaban J connectivity index is 1.94. The Bertz CT molecular complexity index is 813. The molecule has 0 fully saturated rings. The topological polar surface area (TPSA) is 38.7 Å². The molecule has 1 aliphatic rings. The number of hydrogen-bond acceptors (Lipinski definition) is 3. The number of cyclic esters (lactones) is 1. The molecule has 0 aliphatic carbocycles. The number of carbonyl (C=O) groups is 1. The van der Waals surface area contributed by atoms with E-state index in [1.807, 2.05) is 42.5 Å². The van der Waals surface area contributed by atoms with E-state index in [1.165, 1.54) is 0 Å². The second kappa shape index (κ2) is 6.64. The van der Waals surface area contributed by atoms with Gasteiger partial charge in [-0.2, -0.15) is 0 Å². The Hall–Kier alpha value is -0.990. The van der Waals surface area contributed by atoms with Crippen LogP contribution in [-0.4, -0.2) is 11.9 Å². The fourth-order valence-corrected chi connectivity index (χ4v) is 2.86. The summed E-state index contributed by atoms with van der Waals surface area (Å²) in [7, 11) is 0. The van der Waals surface area contributed by atoms with Gasteiger partial charge in [-0.25, -0.2) is 9.79 Å². The number of hydrogen-bond donors (Lipinski definition) is 0. The Labute approximate surface area is 157 Å². The van der Waals surface area contributed by atoms with Crippen molar-refractivity contribution in [2.24, 2.45) is 4.99 Å². The molecule has 0 amide bonds. The average Bonchev–Trinajstić information content (AvgIpc) is 2.85. The van der Waals surface area contributed by atoms with Crippen molar-refractivity contribution in [3.8, 4) is 0 Å². The molecule has 1 aliphatic heterocycles. The molecule has 3 rings (SSSR count). The Morgan fingerprint density at radius 1 is 1.09 bits per heavy atom. The quantitative estimate of drug-likeness (QED) is 0.304. The summed E-state index contributed by atoms with van der Waals surface area (Å²) in [5, 5.41) is 0. The highest BCUT2D eigenvalue weighted by Gasteiger charge is 2.24. The molecule has 0 aromatic heterocycles. The molecule has 22 heavy (non-hydrogen) atoms. The van der Waals surface area contributed by atoms with Crippen LogP contribution in [0.5, 0.6) is 0 Å². The lowest BCUT2D eigenvalue weighted by Gasteiger charge is -2.01. The van der Waals surface area contributed by atoms with Crippen molar-refractivity contribution in [3.05, 3.63) is 71.8 Å². The highest BCUT2D eigenvalue weighted by Crippen LogP contribution is 2.24. The molecule has 3 nitrogen and oxygen atoms in total. The van der Waals surface area contributed by atoms with Crippen LogP contribution < -0.4 is 0 Å². The van der Waals surface area contributed by atoms with E-state index >= 15 is 0 Å². The van der Waals surface area contributed by atoms with Gasteiger partial charge in [0.05, 0.1) is 0 Å². The lowest BCUT2D eigenvalue weighted by Crippen LogP contribution is -2.05. The summed E-state index contributed by atoms with van der Waals surface area (Å²) in [4.78, 5) is 16.3. The van der Waals surface area contributed by atoms with Gasteiger partial charge in [-0.1, -0.05) is 28.1 Å². The van der Waals surface area contributed by atoms with E-state index < -0.39 is 5.97 Å². The molecule has 0 unspecified atom stereocenters. The third kappa shape index (κ3) is 3.49. The van der Waals surface area contributed by atoms with E-state index in [0.717, 1.165) is 23.6 Å². The van der Waals surface area contributed by atoms with Gasteiger partial charge in [-0.3, -0.25) is 0 Å². The molecule has 0 spiro atoms. The van der Waals surface area contributed by atoms with Gasteiger partial charge in [0.1, 0.15) is 0 Å². The van der Waals surface area contributed by atoms with Gasteiger partial charge in [-0.05, 0) is 80.5 Å². The number of ether oxygens (including phenoxy) is 1. The monoisotopic (exact) mass is 531 g/mol. The predicted molar refractivity (Wildman–Crippen MR) is 102 cm³/mol. The van der Waals surface area contributed by atoms with Gasteiger partial charge in [0, 0.05) is 18.1 Å². The minimum atomic E-state index is -0.437. The molecule has 6 heteroatoms. The first-order chi connectivity index (χ1) is 10.5. The molecule has 0 atom stereocenters. The third-order valence-corrected chi connectivity index (χ3v) is 5.83. The van der Waals surface area contributed by atoms with Crippen LogP contribution in [0.3, 0.4) is 0 Å². The van der Waals surface area contributed by atoms with Crippen molar-refractivity contribution in [2.75, 3.05) is 0 Å². The molecule has 0 N–H and O–H groups in total. The molecule has 0 saturated carbocycles. The summed E-state index contributed by atoms with van der Waals surface area (Å²) in [6.45, 7) is 0. The van der Waals surface area contributed by atoms with Gasteiger partial charge in [0.2, 0.25) is 5.90 Å². The number of esters is 1. The van der Waals surface area contributed by atoms with Crippen LogP contribution in [0.4, 0.5) is 0 Å². The molecule has 2 aromatic rings. The number of nitrogens with zero attached hydrogens (tertiary/aromatic N) is 1. The fourth-order valence-electron chi connectivity index (χ4n) is 1.88. The molecule has 110 valence electrons. The molecular weight excluding hydrogens is 525 g/mol. The Morgan fingerprint density at radius 3 is 2.50 bits per heavy atom. The van der Waals surface area contributed by atoms with Crippen molar-refractivity contribution in [1.82, 2.24) is 0 Å². The minimum Gasteiger partial charge on any atom is -0.402 e. The maximum absolute atomic E-state index is 12.0. The van der Waals surface area contributed by atoms with Crippen molar-refractivity contribution >= 4 is 72.4 Å². The largest absolute Gasteiger partial charge is 0.402 e. The number of aliphatic imine (C=N–C) groups is 1. The van der Waals surface area contributed by atoms with Crippen molar-refractivity contribution in [1.29, 1.82) is 0 Å². The number of carbonyl (C=O) groups excluding carboxylic acids is 1. The summed E-state index contributed by atoms with van der Waals surface area (Å²) in [6, 6.07) is 13.3. The van der Waals surface area contributed by atoms with Crippen LogP contribution in [0.1, 0.15) is 11.1 Å². The fraction of sp³-hybridized carbons (Fsp3) is 0. The SMILES string of the molecule is O=C1OC(c2ccc(I)c(Br)c2)=N/C1=C\c1ccc(Br)cc1. The van der Waals surface area contributed by atoms with E-state index in [-0.39, 0.29) is 0 Å². The van der Waals surface area contributed by atoms with E-state index in [4.69, 9.17) is 4.74 Å². The Kier molecular flexibility index (Phi) is 4.79. The molecule has 0 radical (unpaired) electrons. The van der Waals surface area contributed by atoms with Crippen molar-refractivity contribution in [3.63, 3.8) is 0 Å². The molecule has 0 bridgehead atoms.